The van der Waals surface area contributed by atoms with Crippen molar-refractivity contribution in [2.75, 3.05) is 52.5 Å². The van der Waals surface area contributed by atoms with E-state index in [1.165, 1.54) is 0 Å². The molecular weight excluding hydrogens is 482 g/mol. The molecule has 3 heterocycles. The fourth-order valence-corrected chi connectivity index (χ4v) is 5.62. The largest absolute Gasteiger partial charge is 0.508 e. The molecule has 2 fully saturated rings. The van der Waals surface area contributed by atoms with Gasteiger partial charge in [-0.15, -0.1) is 0 Å². The Morgan fingerprint density at radius 2 is 1.79 bits per heavy atom. The molecule has 0 aromatic heterocycles. The van der Waals surface area contributed by atoms with Crippen molar-refractivity contribution in [2.24, 2.45) is 11.8 Å². The molecule has 3 aliphatic rings. The molecule has 0 aliphatic carbocycles. The number of rotatable bonds is 4. The number of amides is 2. The van der Waals surface area contributed by atoms with Crippen LogP contribution in [0.4, 0.5) is 0 Å². The highest BCUT2D eigenvalue weighted by Gasteiger charge is 2.33. The monoisotopic (exact) mass is 519 g/mol. The van der Waals surface area contributed by atoms with Gasteiger partial charge in [-0.05, 0) is 30.4 Å². The van der Waals surface area contributed by atoms with Crippen LogP contribution in [0.3, 0.4) is 0 Å². The fourth-order valence-electron chi connectivity index (χ4n) is 5.62. The summed E-state index contributed by atoms with van der Waals surface area (Å²) in [7, 11) is 0. The molecule has 8 nitrogen and oxygen atoms in total. The van der Waals surface area contributed by atoms with Crippen molar-refractivity contribution < 1.29 is 24.2 Å². The minimum absolute atomic E-state index is 0.0643. The summed E-state index contributed by atoms with van der Waals surface area (Å²) >= 11 is 0. The number of piperidine rings is 1. The molecule has 0 saturated carbocycles. The lowest BCUT2D eigenvalue weighted by atomic mass is 9.82. The third kappa shape index (κ3) is 6.55. The number of nitrogens with zero attached hydrogens (tertiary/aromatic N) is 3. The predicted molar refractivity (Wildman–Crippen MR) is 143 cm³/mol. The van der Waals surface area contributed by atoms with Gasteiger partial charge in [0.25, 0.3) is 0 Å². The Kier molecular flexibility index (Phi) is 8.61. The second-order valence-corrected chi connectivity index (χ2v) is 10.4. The van der Waals surface area contributed by atoms with Crippen molar-refractivity contribution in [3.63, 3.8) is 0 Å². The quantitative estimate of drug-likeness (QED) is 0.626. The van der Waals surface area contributed by atoms with E-state index in [0.717, 1.165) is 23.3 Å². The Bertz CT molecular complexity index is 1150. The Morgan fingerprint density at radius 3 is 2.63 bits per heavy atom. The van der Waals surface area contributed by atoms with Gasteiger partial charge in [0.05, 0.1) is 19.8 Å². The summed E-state index contributed by atoms with van der Waals surface area (Å²) in [5, 5.41) is 10.4. The molecule has 202 valence electrons. The Morgan fingerprint density at radius 1 is 1.00 bits per heavy atom. The summed E-state index contributed by atoms with van der Waals surface area (Å²) in [5.41, 5.74) is 1.78. The van der Waals surface area contributed by atoms with Crippen LogP contribution in [0.15, 0.2) is 60.7 Å². The van der Waals surface area contributed by atoms with Crippen LogP contribution in [0.25, 0.3) is 0 Å². The highest BCUT2D eigenvalue weighted by molar-refractivity contribution is 5.79. The first kappa shape index (κ1) is 26.3. The molecular formula is C30H37N3O5. The molecule has 2 bridgehead atoms. The number of phenolic OH excluding ortho intramolecular Hbond substituents is 1. The molecule has 2 aromatic carbocycles. The number of fused-ring (bicyclic) bond motifs is 3. The van der Waals surface area contributed by atoms with E-state index >= 15 is 0 Å². The number of hydrogen-bond acceptors (Lipinski definition) is 6. The van der Waals surface area contributed by atoms with Crippen molar-refractivity contribution in [1.29, 1.82) is 0 Å². The number of phenols is 1. The first-order valence-electron chi connectivity index (χ1n) is 13.6. The van der Waals surface area contributed by atoms with E-state index in [1.54, 1.807) is 12.1 Å². The lowest BCUT2D eigenvalue weighted by Crippen LogP contribution is -2.48. The van der Waals surface area contributed by atoms with Crippen molar-refractivity contribution in [1.82, 2.24) is 14.7 Å². The van der Waals surface area contributed by atoms with Gasteiger partial charge in [-0.2, -0.15) is 0 Å². The molecule has 3 aliphatic heterocycles. The van der Waals surface area contributed by atoms with E-state index in [1.807, 2.05) is 52.3 Å². The molecule has 2 atom stereocenters. The number of hydrogen-bond donors (Lipinski definition) is 1. The number of morpholine rings is 1. The SMILES string of the molecule is O=C(C[C@@H]1CCN2C[C@@H]1/C=C/COc1ccccc1CN(Cc1ccccc1O)CC2=O)N1CCOCC1. The summed E-state index contributed by atoms with van der Waals surface area (Å²) in [6.45, 7) is 5.34. The first-order chi connectivity index (χ1) is 18.6. The molecule has 0 radical (unpaired) electrons. The molecule has 8 heteroatoms. The standard InChI is InChI=1S/C30H37N3O5/c34-27-9-3-1-6-25(27)19-31-20-26-7-2-4-10-28(26)38-15-5-8-24-21-33(30(36)22-31)12-11-23(24)18-29(35)32-13-16-37-17-14-32/h1-10,23-24,34H,11-22H2/b8-5+/t23-,24-/m0/s1. The van der Waals surface area contributed by atoms with Gasteiger partial charge < -0.3 is 24.4 Å². The van der Waals surface area contributed by atoms with E-state index in [9.17, 15) is 14.7 Å². The van der Waals surface area contributed by atoms with Gasteiger partial charge in [0.15, 0.2) is 0 Å². The third-order valence-corrected chi connectivity index (χ3v) is 7.79. The summed E-state index contributed by atoms with van der Waals surface area (Å²) in [6.07, 6.45) is 5.44. The minimum atomic E-state index is 0.0643. The summed E-state index contributed by atoms with van der Waals surface area (Å²) in [6, 6.07) is 15.2. The second-order valence-electron chi connectivity index (χ2n) is 10.4. The van der Waals surface area contributed by atoms with Gasteiger partial charge in [0.1, 0.15) is 18.1 Å². The zero-order valence-corrected chi connectivity index (χ0v) is 21.8. The first-order valence-corrected chi connectivity index (χ1v) is 13.6. The van der Waals surface area contributed by atoms with E-state index in [2.05, 4.69) is 11.0 Å². The number of benzene rings is 2. The van der Waals surface area contributed by atoms with Crippen LogP contribution in [0.1, 0.15) is 24.0 Å². The molecule has 2 saturated heterocycles. The number of ether oxygens (including phenoxy) is 2. The van der Waals surface area contributed by atoms with Gasteiger partial charge >= 0.3 is 0 Å². The molecule has 1 N–H and O–H groups in total. The highest BCUT2D eigenvalue weighted by Crippen LogP contribution is 2.30. The maximum Gasteiger partial charge on any atom is 0.236 e. The van der Waals surface area contributed by atoms with Gasteiger partial charge in [-0.1, -0.05) is 48.6 Å². The van der Waals surface area contributed by atoms with Crippen LogP contribution in [0.5, 0.6) is 11.5 Å². The van der Waals surface area contributed by atoms with E-state index in [4.69, 9.17) is 9.47 Å². The van der Waals surface area contributed by atoms with E-state index < -0.39 is 0 Å². The smallest absolute Gasteiger partial charge is 0.236 e. The van der Waals surface area contributed by atoms with Crippen molar-refractivity contribution in [3.8, 4) is 11.5 Å². The minimum Gasteiger partial charge on any atom is -0.508 e. The van der Waals surface area contributed by atoms with Crippen LogP contribution < -0.4 is 4.74 Å². The van der Waals surface area contributed by atoms with Gasteiger partial charge in [-0.25, -0.2) is 0 Å². The maximum atomic E-state index is 13.6. The van der Waals surface area contributed by atoms with Gasteiger partial charge in [0.2, 0.25) is 11.8 Å². The summed E-state index contributed by atoms with van der Waals surface area (Å²) < 4.78 is 11.6. The maximum absolute atomic E-state index is 13.6. The normalized spacial score (nSPS) is 23.8. The van der Waals surface area contributed by atoms with Gasteiger partial charge in [0, 0.05) is 56.8 Å². The van der Waals surface area contributed by atoms with Crippen LogP contribution in [0, 0.1) is 11.8 Å². The number of aromatic hydroxyl groups is 1. The molecule has 2 amide bonds. The molecule has 2 aromatic rings. The summed E-state index contributed by atoms with van der Waals surface area (Å²) in [5.74, 6) is 1.52. The van der Waals surface area contributed by atoms with Crippen LogP contribution in [-0.2, 0) is 27.4 Å². The average molecular weight is 520 g/mol. The highest BCUT2D eigenvalue weighted by atomic mass is 16.5. The second kappa shape index (κ2) is 12.5. The lowest BCUT2D eigenvalue weighted by Gasteiger charge is -2.39. The summed E-state index contributed by atoms with van der Waals surface area (Å²) in [4.78, 5) is 32.5. The predicted octanol–water partition coefficient (Wildman–Crippen LogP) is 3.06. The molecule has 38 heavy (non-hydrogen) atoms. The van der Waals surface area contributed by atoms with Crippen LogP contribution in [-0.4, -0.2) is 84.2 Å². The van der Waals surface area contributed by atoms with Crippen LogP contribution >= 0.6 is 0 Å². The molecule has 0 unspecified atom stereocenters. The Balaban J connectivity index is 1.35. The molecule has 0 spiro atoms. The van der Waals surface area contributed by atoms with Crippen molar-refractivity contribution >= 4 is 11.8 Å². The van der Waals surface area contributed by atoms with Crippen molar-refractivity contribution in [3.05, 3.63) is 71.8 Å². The van der Waals surface area contributed by atoms with Crippen LogP contribution in [0.2, 0.25) is 0 Å². The number of carbonyl (C=O) groups excluding carboxylic acids is 2. The van der Waals surface area contributed by atoms with Gasteiger partial charge in [-0.3, -0.25) is 14.5 Å². The fraction of sp³-hybridized carbons (Fsp3) is 0.467. The number of carbonyl (C=O) groups is 2. The van der Waals surface area contributed by atoms with Crippen molar-refractivity contribution in [2.45, 2.75) is 25.9 Å². The van der Waals surface area contributed by atoms with E-state index in [-0.39, 0.29) is 35.9 Å². The zero-order valence-electron chi connectivity index (χ0n) is 21.8. The van der Waals surface area contributed by atoms with E-state index in [0.29, 0.717) is 65.5 Å². The third-order valence-electron chi connectivity index (χ3n) is 7.79. The lowest BCUT2D eigenvalue weighted by molar-refractivity contribution is -0.138. The zero-order chi connectivity index (χ0) is 26.3. The number of para-hydroxylation sites is 2. The Labute approximate surface area is 224 Å². The molecule has 5 rings (SSSR count). The topological polar surface area (TPSA) is 82.6 Å². The Hall–Kier alpha value is -3.36. The average Bonchev–Trinajstić information content (AvgIpc) is 2.94.